The number of likely N-dealkylation sites (tertiary alicyclic amines) is 1. The van der Waals surface area contributed by atoms with Crippen molar-refractivity contribution in [3.05, 3.63) is 0 Å². The zero-order chi connectivity index (χ0) is 16.8. The smallest absolute Gasteiger partial charge is 0.281 e. The summed E-state index contributed by atoms with van der Waals surface area (Å²) in [5.74, 6) is 0.853. The van der Waals surface area contributed by atoms with Crippen LogP contribution in [0.1, 0.15) is 51.9 Å². The first-order chi connectivity index (χ1) is 10.8. The van der Waals surface area contributed by atoms with Crippen molar-refractivity contribution in [3.8, 4) is 0 Å². The molecule has 0 radical (unpaired) electrons. The van der Waals surface area contributed by atoms with Gasteiger partial charge in [-0.15, -0.1) is 0 Å². The normalized spacial score (nSPS) is 33.1. The van der Waals surface area contributed by atoms with Gasteiger partial charge in [-0.05, 0) is 44.4 Å². The highest BCUT2D eigenvalue weighted by Crippen LogP contribution is 2.46. The minimum Gasteiger partial charge on any atom is -0.335 e. The fraction of sp³-hybridized carbons (Fsp3) is 0.938. The van der Waals surface area contributed by atoms with E-state index in [0.717, 1.165) is 32.2 Å². The molecular formula is C16H29N3O3S. The molecule has 7 heteroatoms. The van der Waals surface area contributed by atoms with Crippen molar-refractivity contribution in [2.45, 2.75) is 63.5 Å². The summed E-state index contributed by atoms with van der Waals surface area (Å²) < 4.78 is 28.5. The molecule has 23 heavy (non-hydrogen) atoms. The van der Waals surface area contributed by atoms with E-state index in [1.807, 2.05) is 6.92 Å². The largest absolute Gasteiger partial charge is 0.335 e. The van der Waals surface area contributed by atoms with Gasteiger partial charge in [0.05, 0.1) is 5.54 Å². The quantitative estimate of drug-likeness (QED) is 0.759. The highest BCUT2D eigenvalue weighted by Gasteiger charge is 2.56. The summed E-state index contributed by atoms with van der Waals surface area (Å²) in [6.45, 7) is 3.44. The van der Waals surface area contributed by atoms with Gasteiger partial charge in [-0.1, -0.05) is 6.92 Å². The third kappa shape index (κ3) is 2.81. The molecule has 6 nitrogen and oxygen atoms in total. The average Bonchev–Trinajstić information content (AvgIpc) is 3.28. The SMILES string of the molecule is CC[C@H]1N(S(=O)(=O)N(C)C)CCC[C@@]12CCC(=O)N2CC1CC1. The molecule has 0 aromatic heterocycles. The van der Waals surface area contributed by atoms with Gasteiger partial charge in [-0.25, -0.2) is 0 Å². The number of carbonyl (C=O) groups excluding carboxylic acids is 1. The van der Waals surface area contributed by atoms with Gasteiger partial charge in [0.1, 0.15) is 0 Å². The molecule has 2 aliphatic heterocycles. The molecular weight excluding hydrogens is 314 g/mol. The molecule has 3 rings (SSSR count). The van der Waals surface area contributed by atoms with Gasteiger partial charge < -0.3 is 4.90 Å². The molecule has 3 fully saturated rings. The monoisotopic (exact) mass is 343 g/mol. The van der Waals surface area contributed by atoms with E-state index < -0.39 is 10.2 Å². The number of rotatable bonds is 5. The van der Waals surface area contributed by atoms with E-state index in [0.29, 0.717) is 18.9 Å². The Morgan fingerprint density at radius 1 is 1.26 bits per heavy atom. The fourth-order valence-corrected chi connectivity index (χ4v) is 5.94. The van der Waals surface area contributed by atoms with Crippen molar-refractivity contribution in [2.24, 2.45) is 5.92 Å². The van der Waals surface area contributed by atoms with Crippen molar-refractivity contribution >= 4 is 16.1 Å². The van der Waals surface area contributed by atoms with Crippen LogP contribution in [0.5, 0.6) is 0 Å². The van der Waals surface area contributed by atoms with Gasteiger partial charge in [-0.3, -0.25) is 4.79 Å². The second-order valence-corrected chi connectivity index (χ2v) is 9.57. The zero-order valence-corrected chi connectivity index (χ0v) is 15.3. The van der Waals surface area contributed by atoms with E-state index >= 15 is 0 Å². The molecule has 3 aliphatic rings. The molecule has 2 saturated heterocycles. The number of nitrogens with zero attached hydrogens (tertiary/aromatic N) is 3. The first-order valence-corrected chi connectivity index (χ1v) is 10.2. The van der Waals surface area contributed by atoms with Gasteiger partial charge in [0.2, 0.25) is 5.91 Å². The number of piperidine rings is 1. The number of carbonyl (C=O) groups is 1. The van der Waals surface area contributed by atoms with Gasteiger partial charge in [-0.2, -0.15) is 17.0 Å². The number of hydrogen-bond acceptors (Lipinski definition) is 3. The zero-order valence-electron chi connectivity index (χ0n) is 14.5. The van der Waals surface area contributed by atoms with Crippen LogP contribution in [0.4, 0.5) is 0 Å². The van der Waals surface area contributed by atoms with Crippen LogP contribution in [-0.2, 0) is 15.0 Å². The Bertz CT molecular complexity index is 573. The van der Waals surface area contributed by atoms with Crippen LogP contribution in [0.15, 0.2) is 0 Å². The summed E-state index contributed by atoms with van der Waals surface area (Å²) in [5.41, 5.74) is -0.282. The maximum atomic E-state index is 12.8. The molecule has 0 N–H and O–H groups in total. The van der Waals surface area contributed by atoms with Crippen molar-refractivity contribution < 1.29 is 13.2 Å². The number of hydrogen-bond donors (Lipinski definition) is 0. The predicted octanol–water partition coefficient (Wildman–Crippen LogP) is 1.44. The van der Waals surface area contributed by atoms with Crippen LogP contribution in [0.3, 0.4) is 0 Å². The van der Waals surface area contributed by atoms with Gasteiger partial charge >= 0.3 is 0 Å². The van der Waals surface area contributed by atoms with Crippen LogP contribution in [-0.4, -0.2) is 66.6 Å². The third-order valence-corrected chi connectivity index (χ3v) is 7.80. The first-order valence-electron chi connectivity index (χ1n) is 8.82. The fourth-order valence-electron chi connectivity index (χ4n) is 4.49. The standard InChI is InChI=1S/C16H29N3O3S/c1-4-14-16(9-5-11-19(14)23(21,22)17(2)3)10-8-15(20)18(16)12-13-6-7-13/h13-14H,4-12H2,1-3H3/t14-,16-/m1/s1. The Morgan fingerprint density at radius 2 is 1.96 bits per heavy atom. The van der Waals surface area contributed by atoms with Crippen LogP contribution in [0.25, 0.3) is 0 Å². The summed E-state index contributed by atoms with van der Waals surface area (Å²) >= 11 is 0. The van der Waals surface area contributed by atoms with Gasteiger partial charge in [0.25, 0.3) is 10.2 Å². The van der Waals surface area contributed by atoms with E-state index in [4.69, 9.17) is 0 Å². The van der Waals surface area contributed by atoms with Crippen LogP contribution >= 0.6 is 0 Å². The second kappa shape index (κ2) is 6.01. The molecule has 2 heterocycles. The Kier molecular flexibility index (Phi) is 4.48. The summed E-state index contributed by atoms with van der Waals surface area (Å²) in [5, 5.41) is 0. The summed E-state index contributed by atoms with van der Waals surface area (Å²) in [4.78, 5) is 14.6. The molecule has 1 saturated carbocycles. The van der Waals surface area contributed by atoms with E-state index in [2.05, 4.69) is 4.90 Å². The topological polar surface area (TPSA) is 60.9 Å². The van der Waals surface area contributed by atoms with Gasteiger partial charge in [0.15, 0.2) is 0 Å². The molecule has 0 aromatic carbocycles. The highest BCUT2D eigenvalue weighted by molar-refractivity contribution is 7.86. The predicted molar refractivity (Wildman–Crippen MR) is 89.0 cm³/mol. The Labute approximate surface area is 140 Å². The minimum atomic E-state index is -3.45. The Morgan fingerprint density at radius 3 is 2.52 bits per heavy atom. The molecule has 0 aromatic rings. The molecule has 2 atom stereocenters. The summed E-state index contributed by atoms with van der Waals surface area (Å²) in [7, 11) is -0.273. The van der Waals surface area contributed by atoms with Crippen molar-refractivity contribution in [3.63, 3.8) is 0 Å². The van der Waals surface area contributed by atoms with E-state index in [1.54, 1.807) is 18.4 Å². The summed E-state index contributed by atoms with van der Waals surface area (Å²) in [6, 6.07) is -0.103. The average molecular weight is 343 g/mol. The Hall–Kier alpha value is -0.660. The van der Waals surface area contributed by atoms with Crippen LogP contribution in [0, 0.1) is 5.92 Å². The Balaban J connectivity index is 1.95. The third-order valence-electron chi connectivity index (χ3n) is 5.85. The highest BCUT2D eigenvalue weighted by atomic mass is 32.2. The van der Waals surface area contributed by atoms with Crippen molar-refractivity contribution in [1.82, 2.24) is 13.5 Å². The second-order valence-electron chi connectivity index (χ2n) is 7.48. The summed E-state index contributed by atoms with van der Waals surface area (Å²) in [6.07, 6.45) is 6.30. The lowest BCUT2D eigenvalue weighted by molar-refractivity contribution is -0.134. The lowest BCUT2D eigenvalue weighted by atomic mass is 9.78. The van der Waals surface area contributed by atoms with E-state index in [-0.39, 0.29) is 17.5 Å². The maximum absolute atomic E-state index is 12.8. The van der Waals surface area contributed by atoms with Crippen molar-refractivity contribution in [1.29, 1.82) is 0 Å². The number of amides is 1. The van der Waals surface area contributed by atoms with E-state index in [1.165, 1.54) is 17.1 Å². The molecule has 1 spiro atoms. The molecule has 132 valence electrons. The van der Waals surface area contributed by atoms with E-state index in [9.17, 15) is 13.2 Å². The molecule has 1 aliphatic carbocycles. The molecule has 0 unspecified atom stereocenters. The first kappa shape index (κ1) is 17.2. The molecule has 0 bridgehead atoms. The minimum absolute atomic E-state index is 0.103. The van der Waals surface area contributed by atoms with Gasteiger partial charge in [0, 0.05) is 39.6 Å². The van der Waals surface area contributed by atoms with Crippen LogP contribution < -0.4 is 0 Å². The van der Waals surface area contributed by atoms with Crippen molar-refractivity contribution in [2.75, 3.05) is 27.2 Å². The molecule has 1 amide bonds. The maximum Gasteiger partial charge on any atom is 0.281 e. The van der Waals surface area contributed by atoms with Crippen LogP contribution in [0.2, 0.25) is 0 Å². The lowest BCUT2D eigenvalue weighted by Gasteiger charge is -2.52. The lowest BCUT2D eigenvalue weighted by Crippen LogP contribution is -2.65.